The first-order valence-corrected chi connectivity index (χ1v) is 8.76. The van der Waals surface area contributed by atoms with Gasteiger partial charge in [-0.05, 0) is 43.2 Å². The average molecular weight is 305 g/mol. The van der Waals surface area contributed by atoms with E-state index in [4.69, 9.17) is 0 Å². The molecule has 0 spiro atoms. The van der Waals surface area contributed by atoms with Crippen LogP contribution >= 0.6 is 0 Å². The molecule has 0 radical (unpaired) electrons. The Kier molecular flexibility index (Phi) is 4.07. The molecule has 1 heterocycles. The van der Waals surface area contributed by atoms with Crippen molar-refractivity contribution in [3.63, 3.8) is 0 Å². The molecular formula is C15H19N3O2S. The van der Waals surface area contributed by atoms with E-state index >= 15 is 0 Å². The van der Waals surface area contributed by atoms with Crippen molar-refractivity contribution in [2.24, 2.45) is 0 Å². The summed E-state index contributed by atoms with van der Waals surface area (Å²) in [5.74, 6) is 0. The molecule has 6 heteroatoms. The molecule has 21 heavy (non-hydrogen) atoms. The molecular weight excluding hydrogens is 286 g/mol. The lowest BCUT2D eigenvalue weighted by Gasteiger charge is -2.22. The van der Waals surface area contributed by atoms with Crippen molar-refractivity contribution in [3.05, 3.63) is 42.7 Å². The molecule has 0 aliphatic heterocycles. The molecule has 0 saturated heterocycles. The number of aromatic nitrogens is 2. The second-order valence-corrected chi connectivity index (χ2v) is 7.11. The standard InChI is InChI=1S/C15H19N3O2S/c19-21(20,17-13-5-2-1-3-6-13)15-9-7-14(8-10-15)18-12-4-11-16-18/h4,7-13,17H,1-3,5-6H2. The Hall–Kier alpha value is -1.66. The van der Waals surface area contributed by atoms with Crippen LogP contribution in [0.1, 0.15) is 32.1 Å². The molecule has 0 atom stereocenters. The van der Waals surface area contributed by atoms with Crippen LogP contribution in [-0.4, -0.2) is 24.2 Å². The normalized spacial score (nSPS) is 17.0. The van der Waals surface area contributed by atoms with Gasteiger partial charge in [0.05, 0.1) is 10.6 Å². The first kappa shape index (κ1) is 14.3. The van der Waals surface area contributed by atoms with Crippen LogP contribution < -0.4 is 4.72 Å². The minimum Gasteiger partial charge on any atom is -0.241 e. The molecule has 3 rings (SSSR count). The molecule has 1 aromatic carbocycles. The molecule has 2 aromatic rings. The summed E-state index contributed by atoms with van der Waals surface area (Å²) in [5.41, 5.74) is 0.844. The van der Waals surface area contributed by atoms with Gasteiger partial charge in [0.1, 0.15) is 0 Å². The van der Waals surface area contributed by atoms with E-state index in [0.29, 0.717) is 4.90 Å². The van der Waals surface area contributed by atoms with Crippen LogP contribution in [0.15, 0.2) is 47.6 Å². The van der Waals surface area contributed by atoms with Gasteiger partial charge in [0.2, 0.25) is 10.0 Å². The molecule has 1 aliphatic rings. The van der Waals surface area contributed by atoms with Crippen molar-refractivity contribution in [2.45, 2.75) is 43.0 Å². The second-order valence-electron chi connectivity index (χ2n) is 5.40. The van der Waals surface area contributed by atoms with Crippen molar-refractivity contribution >= 4 is 10.0 Å². The maximum Gasteiger partial charge on any atom is 0.240 e. The van der Waals surface area contributed by atoms with E-state index < -0.39 is 10.0 Å². The van der Waals surface area contributed by atoms with Crippen molar-refractivity contribution < 1.29 is 8.42 Å². The third-order valence-electron chi connectivity index (χ3n) is 3.84. The van der Waals surface area contributed by atoms with Gasteiger partial charge in [-0.15, -0.1) is 0 Å². The number of sulfonamides is 1. The van der Waals surface area contributed by atoms with Gasteiger partial charge >= 0.3 is 0 Å². The van der Waals surface area contributed by atoms with E-state index in [2.05, 4.69) is 9.82 Å². The summed E-state index contributed by atoms with van der Waals surface area (Å²) in [6.07, 6.45) is 8.79. The molecule has 1 fully saturated rings. The van der Waals surface area contributed by atoms with Crippen LogP contribution in [0.4, 0.5) is 0 Å². The molecule has 1 N–H and O–H groups in total. The summed E-state index contributed by atoms with van der Waals surface area (Å²) in [7, 11) is -3.43. The molecule has 1 aromatic heterocycles. The van der Waals surface area contributed by atoms with Gasteiger partial charge < -0.3 is 0 Å². The SMILES string of the molecule is O=S(=O)(NC1CCCCC1)c1ccc(-n2cccn2)cc1. The summed E-state index contributed by atoms with van der Waals surface area (Å²) >= 11 is 0. The number of rotatable bonds is 4. The van der Waals surface area contributed by atoms with Crippen molar-refractivity contribution in [1.82, 2.24) is 14.5 Å². The van der Waals surface area contributed by atoms with Gasteiger partial charge in [-0.1, -0.05) is 19.3 Å². The van der Waals surface area contributed by atoms with E-state index in [0.717, 1.165) is 31.4 Å². The third-order valence-corrected chi connectivity index (χ3v) is 5.38. The summed E-state index contributed by atoms with van der Waals surface area (Å²) in [6.45, 7) is 0. The fourth-order valence-electron chi connectivity index (χ4n) is 2.71. The first-order valence-electron chi connectivity index (χ1n) is 7.27. The van der Waals surface area contributed by atoms with Crippen LogP contribution in [0.25, 0.3) is 5.69 Å². The highest BCUT2D eigenvalue weighted by atomic mass is 32.2. The summed E-state index contributed by atoms with van der Waals surface area (Å²) in [4.78, 5) is 0.309. The zero-order valence-electron chi connectivity index (χ0n) is 11.8. The summed E-state index contributed by atoms with van der Waals surface area (Å²) in [5, 5.41) is 4.12. The van der Waals surface area contributed by atoms with Crippen LogP contribution in [0.3, 0.4) is 0 Å². The smallest absolute Gasteiger partial charge is 0.240 e. The Morgan fingerprint density at radius 1 is 1.10 bits per heavy atom. The van der Waals surface area contributed by atoms with E-state index in [1.165, 1.54) is 6.42 Å². The minimum atomic E-state index is -3.43. The minimum absolute atomic E-state index is 0.0783. The number of hydrogen-bond acceptors (Lipinski definition) is 3. The predicted molar refractivity (Wildman–Crippen MR) is 80.8 cm³/mol. The second kappa shape index (κ2) is 5.99. The Morgan fingerprint density at radius 2 is 1.81 bits per heavy atom. The lowest BCUT2D eigenvalue weighted by atomic mass is 9.96. The van der Waals surface area contributed by atoms with Crippen LogP contribution in [-0.2, 0) is 10.0 Å². The van der Waals surface area contributed by atoms with E-state index in [9.17, 15) is 8.42 Å². The monoisotopic (exact) mass is 305 g/mol. The van der Waals surface area contributed by atoms with Gasteiger partial charge in [0.15, 0.2) is 0 Å². The van der Waals surface area contributed by atoms with Gasteiger partial charge in [-0.3, -0.25) is 0 Å². The zero-order valence-corrected chi connectivity index (χ0v) is 12.6. The van der Waals surface area contributed by atoms with Gasteiger partial charge in [-0.2, -0.15) is 5.10 Å². The summed E-state index contributed by atoms with van der Waals surface area (Å²) < 4.78 is 29.2. The lowest BCUT2D eigenvalue weighted by molar-refractivity contribution is 0.412. The van der Waals surface area contributed by atoms with Gasteiger partial charge in [0.25, 0.3) is 0 Å². The Balaban J connectivity index is 1.76. The van der Waals surface area contributed by atoms with Crippen LogP contribution in [0.5, 0.6) is 0 Å². The topological polar surface area (TPSA) is 64.0 Å². The number of nitrogens with zero attached hydrogens (tertiary/aromatic N) is 2. The predicted octanol–water partition coefficient (Wildman–Crippen LogP) is 2.48. The first-order chi connectivity index (χ1) is 10.1. The van der Waals surface area contributed by atoms with E-state index in [1.807, 2.05) is 12.3 Å². The van der Waals surface area contributed by atoms with Crippen LogP contribution in [0.2, 0.25) is 0 Å². The highest BCUT2D eigenvalue weighted by molar-refractivity contribution is 7.89. The Labute approximate surface area is 125 Å². The molecule has 1 aliphatic carbocycles. The lowest BCUT2D eigenvalue weighted by Crippen LogP contribution is -2.36. The highest BCUT2D eigenvalue weighted by Gasteiger charge is 2.21. The third kappa shape index (κ3) is 3.33. The largest absolute Gasteiger partial charge is 0.241 e. The highest BCUT2D eigenvalue weighted by Crippen LogP contribution is 2.20. The molecule has 0 unspecified atom stereocenters. The van der Waals surface area contributed by atoms with E-state index in [1.54, 1.807) is 35.1 Å². The fourth-order valence-corrected chi connectivity index (χ4v) is 4.01. The van der Waals surface area contributed by atoms with Crippen LogP contribution in [0, 0.1) is 0 Å². The van der Waals surface area contributed by atoms with Gasteiger partial charge in [0, 0.05) is 18.4 Å². The number of benzene rings is 1. The molecule has 0 amide bonds. The van der Waals surface area contributed by atoms with E-state index in [-0.39, 0.29) is 6.04 Å². The molecule has 0 bridgehead atoms. The Bertz CT molecular complexity index is 672. The maximum atomic E-state index is 12.4. The molecule has 1 saturated carbocycles. The summed E-state index contributed by atoms with van der Waals surface area (Å²) in [6, 6.07) is 8.69. The fraction of sp³-hybridized carbons (Fsp3) is 0.400. The van der Waals surface area contributed by atoms with Crippen molar-refractivity contribution in [3.8, 4) is 5.69 Å². The Morgan fingerprint density at radius 3 is 2.43 bits per heavy atom. The number of hydrogen-bond donors (Lipinski definition) is 1. The maximum absolute atomic E-state index is 12.4. The average Bonchev–Trinajstić information content (AvgIpc) is 3.02. The van der Waals surface area contributed by atoms with Gasteiger partial charge in [-0.25, -0.2) is 17.8 Å². The van der Waals surface area contributed by atoms with Crippen molar-refractivity contribution in [2.75, 3.05) is 0 Å². The molecule has 5 nitrogen and oxygen atoms in total. The quantitative estimate of drug-likeness (QED) is 0.944. The molecule has 112 valence electrons. The number of nitrogens with one attached hydrogen (secondary N) is 1. The zero-order chi connectivity index (χ0) is 14.7. The van der Waals surface area contributed by atoms with Crippen molar-refractivity contribution in [1.29, 1.82) is 0 Å².